The van der Waals surface area contributed by atoms with Crippen LogP contribution in [-0.4, -0.2) is 46.3 Å². The molecule has 1 rings (SSSR count). The SMILES string of the molecule is COc1cnc(NCC(C)(O)CSC)nc1. The van der Waals surface area contributed by atoms with Crippen LogP contribution in [0.15, 0.2) is 12.4 Å². The minimum atomic E-state index is -0.761. The summed E-state index contributed by atoms with van der Waals surface area (Å²) in [7, 11) is 1.56. The number of thioether (sulfide) groups is 1. The van der Waals surface area contributed by atoms with Crippen LogP contribution < -0.4 is 10.1 Å². The van der Waals surface area contributed by atoms with Crippen molar-refractivity contribution in [2.45, 2.75) is 12.5 Å². The molecule has 1 heterocycles. The largest absolute Gasteiger partial charge is 0.494 e. The lowest BCUT2D eigenvalue weighted by atomic mass is 10.1. The quantitative estimate of drug-likeness (QED) is 0.777. The van der Waals surface area contributed by atoms with Gasteiger partial charge in [0, 0.05) is 12.3 Å². The van der Waals surface area contributed by atoms with Gasteiger partial charge in [-0.25, -0.2) is 9.97 Å². The highest BCUT2D eigenvalue weighted by Gasteiger charge is 2.19. The van der Waals surface area contributed by atoms with Crippen molar-refractivity contribution in [1.29, 1.82) is 0 Å². The van der Waals surface area contributed by atoms with E-state index in [1.165, 1.54) is 0 Å². The van der Waals surface area contributed by atoms with Crippen LogP contribution in [-0.2, 0) is 0 Å². The molecule has 16 heavy (non-hydrogen) atoms. The first-order valence-corrected chi connectivity index (χ1v) is 6.28. The summed E-state index contributed by atoms with van der Waals surface area (Å²) in [5.74, 6) is 1.76. The molecule has 0 aromatic carbocycles. The molecule has 0 saturated carbocycles. The fraction of sp³-hybridized carbons (Fsp3) is 0.600. The Hall–Kier alpha value is -1.01. The molecule has 0 fully saturated rings. The molecule has 0 spiro atoms. The molecule has 0 saturated heterocycles. The van der Waals surface area contributed by atoms with E-state index in [0.717, 1.165) is 0 Å². The highest BCUT2D eigenvalue weighted by Crippen LogP contribution is 2.12. The summed E-state index contributed by atoms with van der Waals surface area (Å²) in [5.41, 5.74) is -0.761. The zero-order valence-corrected chi connectivity index (χ0v) is 10.5. The molecule has 1 aromatic rings. The first-order chi connectivity index (χ1) is 7.57. The van der Waals surface area contributed by atoms with E-state index in [1.54, 1.807) is 38.2 Å². The molecule has 1 unspecified atom stereocenters. The molecule has 2 N–H and O–H groups in total. The van der Waals surface area contributed by atoms with E-state index in [0.29, 0.717) is 24.0 Å². The summed E-state index contributed by atoms with van der Waals surface area (Å²) in [6, 6.07) is 0. The summed E-state index contributed by atoms with van der Waals surface area (Å²) < 4.78 is 4.95. The monoisotopic (exact) mass is 243 g/mol. The van der Waals surface area contributed by atoms with E-state index in [2.05, 4.69) is 15.3 Å². The number of anilines is 1. The minimum absolute atomic E-state index is 0.417. The normalized spacial score (nSPS) is 14.2. The predicted molar refractivity (Wildman–Crippen MR) is 66.1 cm³/mol. The lowest BCUT2D eigenvalue weighted by Crippen LogP contribution is -2.36. The minimum Gasteiger partial charge on any atom is -0.494 e. The number of aliphatic hydroxyl groups is 1. The maximum Gasteiger partial charge on any atom is 0.222 e. The number of hydrogen-bond donors (Lipinski definition) is 2. The van der Waals surface area contributed by atoms with Crippen LogP contribution in [0.1, 0.15) is 6.92 Å². The van der Waals surface area contributed by atoms with Gasteiger partial charge in [0.15, 0.2) is 5.75 Å². The maximum atomic E-state index is 9.91. The molecular weight excluding hydrogens is 226 g/mol. The average molecular weight is 243 g/mol. The summed E-state index contributed by atoms with van der Waals surface area (Å²) in [6.45, 7) is 2.19. The van der Waals surface area contributed by atoms with Gasteiger partial charge >= 0.3 is 0 Å². The Labute approximate surface area is 99.6 Å². The van der Waals surface area contributed by atoms with Crippen molar-refractivity contribution < 1.29 is 9.84 Å². The summed E-state index contributed by atoms with van der Waals surface area (Å²) in [6.07, 6.45) is 5.12. The van der Waals surface area contributed by atoms with Crippen molar-refractivity contribution in [2.24, 2.45) is 0 Å². The number of ether oxygens (including phenoxy) is 1. The van der Waals surface area contributed by atoms with Crippen LogP contribution in [0.2, 0.25) is 0 Å². The highest BCUT2D eigenvalue weighted by atomic mass is 32.2. The van der Waals surface area contributed by atoms with Gasteiger partial charge < -0.3 is 15.2 Å². The van der Waals surface area contributed by atoms with Gasteiger partial charge in [0.2, 0.25) is 5.95 Å². The van der Waals surface area contributed by atoms with Crippen molar-refractivity contribution in [2.75, 3.05) is 31.0 Å². The zero-order valence-electron chi connectivity index (χ0n) is 9.73. The third-order valence-corrected chi connectivity index (χ3v) is 2.86. The average Bonchev–Trinajstić information content (AvgIpc) is 2.27. The molecule has 1 atom stereocenters. The molecule has 0 radical (unpaired) electrons. The van der Waals surface area contributed by atoms with Crippen LogP contribution in [0.5, 0.6) is 5.75 Å². The van der Waals surface area contributed by atoms with Crippen molar-refractivity contribution in [3.8, 4) is 5.75 Å². The molecule has 0 amide bonds. The molecule has 0 aliphatic heterocycles. The molecule has 90 valence electrons. The third-order valence-electron chi connectivity index (χ3n) is 1.95. The number of rotatable bonds is 6. The number of aromatic nitrogens is 2. The Kier molecular flexibility index (Phi) is 4.82. The first kappa shape index (κ1) is 13.1. The Morgan fingerprint density at radius 2 is 2.12 bits per heavy atom. The van der Waals surface area contributed by atoms with Crippen LogP contribution >= 0.6 is 11.8 Å². The standard InChI is InChI=1S/C10H17N3O2S/c1-10(14,7-16-3)6-13-9-11-4-8(15-2)5-12-9/h4-5,14H,6-7H2,1-3H3,(H,11,12,13). The van der Waals surface area contributed by atoms with Crippen LogP contribution in [0.3, 0.4) is 0 Å². The zero-order chi connectivity index (χ0) is 12.0. The second kappa shape index (κ2) is 5.91. The molecule has 0 aliphatic carbocycles. The fourth-order valence-electron chi connectivity index (χ4n) is 1.14. The van der Waals surface area contributed by atoms with Gasteiger partial charge in [0.25, 0.3) is 0 Å². The van der Waals surface area contributed by atoms with Gasteiger partial charge in [-0.2, -0.15) is 11.8 Å². The molecule has 0 aliphatic rings. The van der Waals surface area contributed by atoms with Crippen molar-refractivity contribution in [3.05, 3.63) is 12.4 Å². The fourth-order valence-corrected chi connectivity index (χ4v) is 1.87. The summed E-state index contributed by atoms with van der Waals surface area (Å²) in [4.78, 5) is 8.10. The Bertz CT molecular complexity index is 316. The Morgan fingerprint density at radius 3 is 2.62 bits per heavy atom. The van der Waals surface area contributed by atoms with Crippen LogP contribution in [0, 0.1) is 0 Å². The van der Waals surface area contributed by atoms with E-state index in [9.17, 15) is 5.11 Å². The van der Waals surface area contributed by atoms with E-state index in [4.69, 9.17) is 4.74 Å². The third kappa shape index (κ3) is 4.24. The van der Waals surface area contributed by atoms with Gasteiger partial charge in [-0.3, -0.25) is 0 Å². The van der Waals surface area contributed by atoms with Crippen molar-refractivity contribution in [1.82, 2.24) is 9.97 Å². The summed E-state index contributed by atoms with van der Waals surface area (Å²) >= 11 is 1.60. The van der Waals surface area contributed by atoms with Crippen molar-refractivity contribution >= 4 is 17.7 Å². The number of hydrogen-bond acceptors (Lipinski definition) is 6. The Morgan fingerprint density at radius 1 is 1.50 bits per heavy atom. The molecule has 0 bridgehead atoms. The van der Waals surface area contributed by atoms with Gasteiger partial charge in [0.1, 0.15) is 0 Å². The van der Waals surface area contributed by atoms with Gasteiger partial charge in [-0.15, -0.1) is 0 Å². The van der Waals surface area contributed by atoms with E-state index in [-0.39, 0.29) is 0 Å². The van der Waals surface area contributed by atoms with Crippen molar-refractivity contribution in [3.63, 3.8) is 0 Å². The summed E-state index contributed by atoms with van der Waals surface area (Å²) in [5, 5.41) is 12.9. The molecule has 5 nitrogen and oxygen atoms in total. The smallest absolute Gasteiger partial charge is 0.222 e. The predicted octanol–water partition coefficient (Wildman–Crippen LogP) is 1.01. The van der Waals surface area contributed by atoms with E-state index >= 15 is 0 Å². The van der Waals surface area contributed by atoms with Gasteiger partial charge in [-0.1, -0.05) is 0 Å². The first-order valence-electron chi connectivity index (χ1n) is 4.88. The van der Waals surface area contributed by atoms with E-state index < -0.39 is 5.60 Å². The lowest BCUT2D eigenvalue weighted by molar-refractivity contribution is 0.0995. The number of methoxy groups -OCH3 is 1. The molecule has 6 heteroatoms. The number of nitrogens with zero attached hydrogens (tertiary/aromatic N) is 2. The van der Waals surface area contributed by atoms with Gasteiger partial charge in [-0.05, 0) is 13.2 Å². The van der Waals surface area contributed by atoms with Crippen LogP contribution in [0.25, 0.3) is 0 Å². The van der Waals surface area contributed by atoms with Gasteiger partial charge in [0.05, 0.1) is 25.1 Å². The van der Waals surface area contributed by atoms with E-state index in [1.807, 2.05) is 6.26 Å². The number of nitrogens with one attached hydrogen (secondary N) is 1. The Balaban J connectivity index is 2.48. The maximum absolute atomic E-state index is 9.91. The van der Waals surface area contributed by atoms with Crippen LogP contribution in [0.4, 0.5) is 5.95 Å². The lowest BCUT2D eigenvalue weighted by Gasteiger charge is -2.22. The highest BCUT2D eigenvalue weighted by molar-refractivity contribution is 7.98. The second-order valence-electron chi connectivity index (χ2n) is 3.73. The topological polar surface area (TPSA) is 67.3 Å². The second-order valence-corrected chi connectivity index (χ2v) is 4.60. The molecule has 1 aromatic heterocycles. The molecular formula is C10H17N3O2S.